The van der Waals surface area contributed by atoms with Crippen molar-refractivity contribution >= 4 is 17.4 Å². The molecule has 1 fully saturated rings. The Labute approximate surface area is 152 Å². The van der Waals surface area contributed by atoms with E-state index in [4.69, 9.17) is 4.74 Å². The molecule has 0 saturated carbocycles. The molecule has 4 rings (SSSR count). The minimum atomic E-state index is -0.230. The molecule has 2 aromatic rings. The fourth-order valence-electron chi connectivity index (χ4n) is 3.42. The van der Waals surface area contributed by atoms with E-state index in [9.17, 15) is 9.59 Å². The molecule has 132 valence electrons. The summed E-state index contributed by atoms with van der Waals surface area (Å²) in [7, 11) is 0. The predicted molar refractivity (Wildman–Crippen MR) is 97.8 cm³/mol. The molecule has 2 aromatic carbocycles. The number of carbonyl (C=O) groups is 2. The molecule has 1 saturated heterocycles. The number of hydrogen-bond acceptors (Lipinski definition) is 4. The van der Waals surface area contributed by atoms with E-state index in [1.165, 1.54) is 4.90 Å². The highest BCUT2D eigenvalue weighted by atomic mass is 16.5. The maximum absolute atomic E-state index is 13.2. The zero-order chi connectivity index (χ0) is 17.9. The van der Waals surface area contributed by atoms with Gasteiger partial charge in [0.25, 0.3) is 11.8 Å². The van der Waals surface area contributed by atoms with Crippen LogP contribution >= 0.6 is 0 Å². The normalized spacial score (nSPS) is 18.0. The van der Waals surface area contributed by atoms with Crippen LogP contribution in [0.5, 0.6) is 0 Å². The monoisotopic (exact) mass is 348 g/mol. The molecule has 0 aliphatic carbocycles. The Hall–Kier alpha value is -2.92. The van der Waals surface area contributed by atoms with E-state index in [2.05, 4.69) is 0 Å². The number of hydrogen-bond donors (Lipinski definition) is 0. The van der Waals surface area contributed by atoms with Gasteiger partial charge in [-0.3, -0.25) is 14.5 Å². The Bertz CT molecular complexity index is 840. The Balaban J connectivity index is 1.73. The van der Waals surface area contributed by atoms with E-state index >= 15 is 0 Å². The number of morpholine rings is 1. The number of carbonyl (C=O) groups excluding carboxylic acids is 2. The van der Waals surface area contributed by atoms with Crippen molar-refractivity contribution in [2.24, 2.45) is 0 Å². The summed E-state index contributed by atoms with van der Waals surface area (Å²) in [6.45, 7) is 2.63. The summed E-state index contributed by atoms with van der Waals surface area (Å²) >= 11 is 0. The maximum atomic E-state index is 13.2. The molecule has 0 aromatic heterocycles. The lowest BCUT2D eigenvalue weighted by molar-refractivity contribution is -0.138. The average molecular weight is 348 g/mol. The third kappa shape index (κ3) is 3.02. The van der Waals surface area contributed by atoms with E-state index in [-0.39, 0.29) is 18.4 Å². The molecule has 0 N–H and O–H groups in total. The largest absolute Gasteiger partial charge is 0.378 e. The second-order valence-corrected chi connectivity index (χ2v) is 6.37. The van der Waals surface area contributed by atoms with Gasteiger partial charge in [0.15, 0.2) is 0 Å². The first kappa shape index (κ1) is 16.5. The summed E-state index contributed by atoms with van der Waals surface area (Å²) in [5.41, 5.74) is 2.71. The summed E-state index contributed by atoms with van der Waals surface area (Å²) in [4.78, 5) is 29.7. The molecule has 0 radical (unpaired) electrons. The van der Waals surface area contributed by atoms with Gasteiger partial charge in [-0.15, -0.1) is 0 Å². The number of benzene rings is 2. The number of nitrogens with zero attached hydrogens (tertiary/aromatic N) is 2. The summed E-state index contributed by atoms with van der Waals surface area (Å²) < 4.78 is 5.41. The van der Waals surface area contributed by atoms with E-state index in [1.54, 1.807) is 0 Å². The van der Waals surface area contributed by atoms with Crippen LogP contribution in [0.1, 0.15) is 11.1 Å². The summed E-state index contributed by atoms with van der Waals surface area (Å²) in [6.07, 6.45) is 0. The SMILES string of the molecule is O=C1C(c2ccccc2)=C(N2CCOCC2)C(=O)N1Cc1ccccc1. The topological polar surface area (TPSA) is 49.9 Å². The zero-order valence-electron chi connectivity index (χ0n) is 14.4. The lowest BCUT2D eigenvalue weighted by Crippen LogP contribution is -2.40. The van der Waals surface area contributed by atoms with Crippen molar-refractivity contribution in [1.29, 1.82) is 0 Å². The van der Waals surface area contributed by atoms with Gasteiger partial charge < -0.3 is 9.64 Å². The van der Waals surface area contributed by atoms with Crippen molar-refractivity contribution in [3.63, 3.8) is 0 Å². The molecule has 26 heavy (non-hydrogen) atoms. The van der Waals surface area contributed by atoms with E-state index in [0.29, 0.717) is 37.6 Å². The molecular formula is C21H20N2O3. The van der Waals surface area contributed by atoms with Gasteiger partial charge in [0.05, 0.1) is 25.3 Å². The molecule has 2 aliphatic rings. The third-order valence-electron chi connectivity index (χ3n) is 4.72. The van der Waals surface area contributed by atoms with Gasteiger partial charge in [-0.05, 0) is 11.1 Å². The minimum absolute atomic E-state index is 0.223. The van der Waals surface area contributed by atoms with Crippen LogP contribution in [0.3, 0.4) is 0 Å². The van der Waals surface area contributed by atoms with Gasteiger partial charge in [0.1, 0.15) is 5.70 Å². The van der Waals surface area contributed by atoms with Gasteiger partial charge in [-0.25, -0.2) is 0 Å². The van der Waals surface area contributed by atoms with Crippen LogP contribution < -0.4 is 0 Å². The molecule has 5 heteroatoms. The van der Waals surface area contributed by atoms with Crippen LogP contribution in [-0.4, -0.2) is 47.9 Å². The van der Waals surface area contributed by atoms with E-state index in [0.717, 1.165) is 11.1 Å². The van der Waals surface area contributed by atoms with Crippen LogP contribution in [0.15, 0.2) is 66.4 Å². The molecule has 0 bridgehead atoms. The van der Waals surface area contributed by atoms with Crippen molar-refractivity contribution < 1.29 is 14.3 Å². The molecule has 2 amide bonds. The lowest BCUT2D eigenvalue weighted by atomic mass is 10.0. The van der Waals surface area contributed by atoms with Crippen molar-refractivity contribution in [3.05, 3.63) is 77.5 Å². The summed E-state index contributed by atoms with van der Waals surface area (Å²) in [6, 6.07) is 19.0. The quantitative estimate of drug-likeness (QED) is 0.796. The first-order chi connectivity index (χ1) is 12.8. The molecular weight excluding hydrogens is 328 g/mol. The van der Waals surface area contributed by atoms with Crippen molar-refractivity contribution in [2.75, 3.05) is 26.3 Å². The second-order valence-electron chi connectivity index (χ2n) is 6.37. The van der Waals surface area contributed by atoms with Gasteiger partial charge >= 0.3 is 0 Å². The zero-order valence-corrected chi connectivity index (χ0v) is 14.4. The molecule has 0 spiro atoms. The highest BCUT2D eigenvalue weighted by Gasteiger charge is 2.41. The van der Waals surface area contributed by atoms with E-state index < -0.39 is 0 Å². The van der Waals surface area contributed by atoms with Gasteiger partial charge in [0, 0.05) is 13.1 Å². The number of rotatable bonds is 4. The highest BCUT2D eigenvalue weighted by molar-refractivity contribution is 6.35. The van der Waals surface area contributed by atoms with Crippen LogP contribution in [0, 0.1) is 0 Å². The van der Waals surface area contributed by atoms with Gasteiger partial charge in [0.2, 0.25) is 0 Å². The molecule has 0 unspecified atom stereocenters. The minimum Gasteiger partial charge on any atom is -0.378 e. The van der Waals surface area contributed by atoms with Gasteiger partial charge in [-0.2, -0.15) is 0 Å². The Morgan fingerprint density at radius 2 is 1.42 bits per heavy atom. The molecule has 2 heterocycles. The first-order valence-electron chi connectivity index (χ1n) is 8.78. The summed E-state index contributed by atoms with van der Waals surface area (Å²) in [5, 5.41) is 0. The molecule has 2 aliphatic heterocycles. The van der Waals surface area contributed by atoms with Crippen molar-refractivity contribution in [1.82, 2.24) is 9.80 Å². The third-order valence-corrected chi connectivity index (χ3v) is 4.72. The Morgan fingerprint density at radius 1 is 0.808 bits per heavy atom. The maximum Gasteiger partial charge on any atom is 0.278 e. The van der Waals surface area contributed by atoms with Gasteiger partial charge in [-0.1, -0.05) is 60.7 Å². The lowest BCUT2D eigenvalue weighted by Gasteiger charge is -2.29. The van der Waals surface area contributed by atoms with E-state index in [1.807, 2.05) is 65.6 Å². The average Bonchev–Trinajstić information content (AvgIpc) is 2.95. The van der Waals surface area contributed by atoms with Crippen LogP contribution in [0.2, 0.25) is 0 Å². The standard InChI is InChI=1S/C21H20N2O3/c24-20-18(17-9-5-2-6-10-17)19(22-11-13-26-14-12-22)21(25)23(20)15-16-7-3-1-4-8-16/h1-10H,11-15H2. The van der Waals surface area contributed by atoms with Crippen molar-refractivity contribution in [2.45, 2.75) is 6.54 Å². The highest BCUT2D eigenvalue weighted by Crippen LogP contribution is 2.32. The number of ether oxygens (including phenoxy) is 1. The van der Waals surface area contributed by atoms with Crippen LogP contribution in [0.4, 0.5) is 0 Å². The smallest absolute Gasteiger partial charge is 0.278 e. The van der Waals surface area contributed by atoms with Crippen molar-refractivity contribution in [3.8, 4) is 0 Å². The number of imide groups is 1. The van der Waals surface area contributed by atoms with Crippen LogP contribution in [0.25, 0.3) is 5.57 Å². The molecule has 0 atom stereocenters. The Kier molecular flexibility index (Phi) is 4.54. The fraction of sp³-hybridized carbons (Fsp3) is 0.238. The summed E-state index contributed by atoms with van der Waals surface area (Å²) in [5.74, 6) is -0.453. The van der Waals surface area contributed by atoms with Crippen LogP contribution in [-0.2, 0) is 20.9 Å². The number of amides is 2. The fourth-order valence-corrected chi connectivity index (χ4v) is 3.42. The Morgan fingerprint density at radius 3 is 2.08 bits per heavy atom. The second kappa shape index (κ2) is 7.14. The first-order valence-corrected chi connectivity index (χ1v) is 8.78. The molecule has 5 nitrogen and oxygen atoms in total. The predicted octanol–water partition coefficient (Wildman–Crippen LogP) is 2.30.